The molecule has 0 fully saturated rings. The van der Waals surface area contributed by atoms with Crippen molar-refractivity contribution in [3.05, 3.63) is 29.3 Å². The highest BCUT2D eigenvalue weighted by atomic mass is 16.2. The molecule has 5 heteroatoms. The molecule has 0 saturated heterocycles. The van der Waals surface area contributed by atoms with E-state index in [1.165, 1.54) is 5.56 Å². The van der Waals surface area contributed by atoms with E-state index in [1.807, 2.05) is 45.9 Å². The fourth-order valence-electron chi connectivity index (χ4n) is 1.79. The minimum atomic E-state index is -0.491. The number of hydrogen-bond donors (Lipinski definition) is 3. The van der Waals surface area contributed by atoms with Crippen LogP contribution in [0.2, 0.25) is 0 Å². The average Bonchev–Trinajstić information content (AvgIpc) is 2.31. The van der Waals surface area contributed by atoms with E-state index in [1.54, 1.807) is 6.92 Å². The first-order chi connectivity index (χ1) is 9.29. The smallest absolute Gasteiger partial charge is 0.321 e. The molecule has 0 aliphatic carbocycles. The van der Waals surface area contributed by atoms with Gasteiger partial charge in [-0.2, -0.15) is 0 Å². The highest BCUT2D eigenvalue weighted by Gasteiger charge is 2.16. The topological polar surface area (TPSA) is 70.2 Å². The second kappa shape index (κ2) is 6.93. The van der Waals surface area contributed by atoms with E-state index in [9.17, 15) is 9.59 Å². The van der Waals surface area contributed by atoms with Crippen LogP contribution in [0.25, 0.3) is 0 Å². The molecular weight excluding hydrogens is 254 g/mol. The number of rotatable bonds is 4. The van der Waals surface area contributed by atoms with Crippen LogP contribution in [0.5, 0.6) is 0 Å². The molecule has 0 heterocycles. The molecule has 0 aromatic heterocycles. The number of aryl methyl sites for hydroxylation is 2. The van der Waals surface area contributed by atoms with Gasteiger partial charge in [0.15, 0.2) is 0 Å². The lowest BCUT2D eigenvalue weighted by Crippen LogP contribution is -2.47. The lowest BCUT2D eigenvalue weighted by Gasteiger charge is -2.17. The number of anilines is 1. The molecule has 0 aliphatic rings. The number of amides is 3. The summed E-state index contributed by atoms with van der Waals surface area (Å²) in [6, 6.07) is 4.98. The fourth-order valence-corrected chi connectivity index (χ4v) is 1.79. The third-order valence-electron chi connectivity index (χ3n) is 2.80. The van der Waals surface area contributed by atoms with Gasteiger partial charge in [0.25, 0.3) is 0 Å². The third kappa shape index (κ3) is 4.91. The molecule has 0 spiro atoms. The fraction of sp³-hybridized carbons (Fsp3) is 0.467. The number of nitrogens with one attached hydrogen (secondary N) is 3. The van der Waals surface area contributed by atoms with Gasteiger partial charge in [0.05, 0.1) is 0 Å². The molecule has 1 aromatic rings. The van der Waals surface area contributed by atoms with Gasteiger partial charge in [-0.05, 0) is 46.2 Å². The van der Waals surface area contributed by atoms with Gasteiger partial charge in [-0.3, -0.25) is 10.1 Å². The van der Waals surface area contributed by atoms with Gasteiger partial charge in [0.2, 0.25) is 5.91 Å². The Hall–Kier alpha value is -2.04. The molecule has 1 rings (SSSR count). The van der Waals surface area contributed by atoms with Crippen LogP contribution in [0.15, 0.2) is 18.2 Å². The Kier molecular flexibility index (Phi) is 5.55. The van der Waals surface area contributed by atoms with Crippen molar-refractivity contribution in [3.63, 3.8) is 0 Å². The number of hydrogen-bond acceptors (Lipinski definition) is 3. The number of benzene rings is 1. The summed E-state index contributed by atoms with van der Waals surface area (Å²) in [6.45, 7) is 9.38. The lowest BCUT2D eigenvalue weighted by atomic mass is 10.1. The maximum absolute atomic E-state index is 11.9. The molecule has 0 aliphatic heterocycles. The van der Waals surface area contributed by atoms with Crippen LogP contribution in [0.4, 0.5) is 10.5 Å². The van der Waals surface area contributed by atoms with Crippen molar-refractivity contribution in [2.45, 2.75) is 46.7 Å². The second-order valence-corrected chi connectivity index (χ2v) is 5.30. The van der Waals surface area contributed by atoms with Crippen LogP contribution >= 0.6 is 0 Å². The van der Waals surface area contributed by atoms with E-state index in [0.29, 0.717) is 0 Å². The quantitative estimate of drug-likeness (QED) is 0.791. The molecule has 1 aromatic carbocycles. The maximum Gasteiger partial charge on any atom is 0.321 e. The first kappa shape index (κ1) is 16.0. The molecule has 0 radical (unpaired) electrons. The predicted molar refractivity (Wildman–Crippen MR) is 80.8 cm³/mol. The minimum Gasteiger partial charge on any atom is -0.374 e. The zero-order valence-corrected chi connectivity index (χ0v) is 12.7. The summed E-state index contributed by atoms with van der Waals surface area (Å²) in [5.74, 6) is -0.358. The van der Waals surface area contributed by atoms with Gasteiger partial charge >= 0.3 is 6.03 Å². The maximum atomic E-state index is 11.9. The zero-order valence-electron chi connectivity index (χ0n) is 12.7. The monoisotopic (exact) mass is 277 g/mol. The Morgan fingerprint density at radius 3 is 2.30 bits per heavy atom. The lowest BCUT2D eigenvalue weighted by molar-refractivity contribution is -0.120. The van der Waals surface area contributed by atoms with Gasteiger partial charge in [-0.25, -0.2) is 4.79 Å². The summed E-state index contributed by atoms with van der Waals surface area (Å²) in [5, 5.41) is 8.03. The van der Waals surface area contributed by atoms with Crippen LogP contribution in [-0.4, -0.2) is 24.0 Å². The summed E-state index contributed by atoms with van der Waals surface area (Å²) < 4.78 is 0. The summed E-state index contributed by atoms with van der Waals surface area (Å²) in [6.07, 6.45) is 0. The second-order valence-electron chi connectivity index (χ2n) is 5.30. The standard InChI is InChI=1S/C15H23N3O2/c1-9(2)16-15(20)18-14(19)12(5)17-13-7-6-10(3)8-11(13)4/h6-9,12,17H,1-5H3,(H2,16,18,19,20). The number of carbonyl (C=O) groups excluding carboxylic acids is 2. The van der Waals surface area contributed by atoms with Crippen molar-refractivity contribution < 1.29 is 9.59 Å². The van der Waals surface area contributed by atoms with Crippen molar-refractivity contribution in [1.29, 1.82) is 0 Å². The van der Waals surface area contributed by atoms with Gasteiger partial charge in [-0.15, -0.1) is 0 Å². The Balaban J connectivity index is 2.59. The summed E-state index contributed by atoms with van der Waals surface area (Å²) >= 11 is 0. The molecule has 1 unspecified atom stereocenters. The van der Waals surface area contributed by atoms with Crippen molar-refractivity contribution in [1.82, 2.24) is 10.6 Å². The molecular formula is C15H23N3O2. The molecule has 0 bridgehead atoms. The number of carbonyl (C=O) groups is 2. The predicted octanol–water partition coefficient (Wildman–Crippen LogP) is 2.34. The van der Waals surface area contributed by atoms with Crippen LogP contribution in [0.3, 0.4) is 0 Å². The van der Waals surface area contributed by atoms with E-state index >= 15 is 0 Å². The normalized spacial score (nSPS) is 11.9. The first-order valence-corrected chi connectivity index (χ1v) is 6.74. The van der Waals surface area contributed by atoms with Gasteiger partial charge < -0.3 is 10.6 Å². The van der Waals surface area contributed by atoms with Crippen molar-refractivity contribution in [3.8, 4) is 0 Å². The molecule has 110 valence electrons. The zero-order chi connectivity index (χ0) is 15.3. The first-order valence-electron chi connectivity index (χ1n) is 6.74. The molecule has 1 atom stereocenters. The van der Waals surface area contributed by atoms with Crippen molar-refractivity contribution in [2.75, 3.05) is 5.32 Å². The van der Waals surface area contributed by atoms with E-state index < -0.39 is 12.1 Å². The summed E-state index contributed by atoms with van der Waals surface area (Å²) in [4.78, 5) is 23.3. The van der Waals surface area contributed by atoms with Crippen LogP contribution < -0.4 is 16.0 Å². The molecule has 0 saturated carbocycles. The Labute approximate surface area is 120 Å². The van der Waals surface area contributed by atoms with E-state index in [0.717, 1.165) is 11.3 Å². The molecule has 20 heavy (non-hydrogen) atoms. The van der Waals surface area contributed by atoms with Crippen molar-refractivity contribution in [2.24, 2.45) is 0 Å². The van der Waals surface area contributed by atoms with Crippen LogP contribution in [0.1, 0.15) is 31.9 Å². The van der Waals surface area contributed by atoms with E-state index in [2.05, 4.69) is 16.0 Å². The van der Waals surface area contributed by atoms with Gasteiger partial charge in [0, 0.05) is 11.7 Å². The number of urea groups is 1. The number of imide groups is 1. The van der Waals surface area contributed by atoms with E-state index in [-0.39, 0.29) is 11.9 Å². The Morgan fingerprint density at radius 1 is 1.10 bits per heavy atom. The molecule has 5 nitrogen and oxygen atoms in total. The SMILES string of the molecule is Cc1ccc(NC(C)C(=O)NC(=O)NC(C)C)c(C)c1. The average molecular weight is 277 g/mol. The minimum absolute atomic E-state index is 0.00888. The highest BCUT2D eigenvalue weighted by molar-refractivity contribution is 5.98. The molecule has 3 N–H and O–H groups in total. The Bertz CT molecular complexity index is 498. The largest absolute Gasteiger partial charge is 0.374 e. The van der Waals surface area contributed by atoms with Crippen LogP contribution in [-0.2, 0) is 4.79 Å². The van der Waals surface area contributed by atoms with Crippen LogP contribution in [0, 0.1) is 13.8 Å². The summed E-state index contributed by atoms with van der Waals surface area (Å²) in [7, 11) is 0. The van der Waals surface area contributed by atoms with E-state index in [4.69, 9.17) is 0 Å². The van der Waals surface area contributed by atoms with Gasteiger partial charge in [0.1, 0.15) is 6.04 Å². The third-order valence-corrected chi connectivity index (χ3v) is 2.80. The highest BCUT2D eigenvalue weighted by Crippen LogP contribution is 2.16. The van der Waals surface area contributed by atoms with Gasteiger partial charge in [-0.1, -0.05) is 17.7 Å². The Morgan fingerprint density at radius 2 is 1.75 bits per heavy atom. The summed E-state index contributed by atoms with van der Waals surface area (Å²) in [5.41, 5.74) is 3.13. The molecule has 3 amide bonds. The van der Waals surface area contributed by atoms with Crippen molar-refractivity contribution >= 4 is 17.6 Å².